The summed E-state index contributed by atoms with van der Waals surface area (Å²) < 4.78 is 15.3. The number of nitrogens with zero attached hydrogens (tertiary/aromatic N) is 2. The molecule has 1 aromatic carbocycles. The molecule has 19 heavy (non-hydrogen) atoms. The van der Waals surface area contributed by atoms with Crippen LogP contribution in [-0.2, 0) is 13.0 Å². The van der Waals surface area contributed by atoms with E-state index in [1.165, 1.54) is 6.07 Å². The number of hydrogen-bond acceptors (Lipinski definition) is 2. The first-order valence-electron chi connectivity index (χ1n) is 6.63. The quantitative estimate of drug-likeness (QED) is 0.899. The Hall–Kier alpha value is -1.68. The van der Waals surface area contributed by atoms with E-state index in [1.54, 1.807) is 12.1 Å². The second kappa shape index (κ2) is 5.97. The van der Waals surface area contributed by atoms with Gasteiger partial charge in [0.2, 0.25) is 0 Å². The molecule has 0 saturated heterocycles. The Morgan fingerprint density at radius 2 is 2.16 bits per heavy atom. The van der Waals surface area contributed by atoms with Gasteiger partial charge in [0.1, 0.15) is 5.82 Å². The van der Waals surface area contributed by atoms with Gasteiger partial charge in [-0.2, -0.15) is 5.10 Å². The minimum Gasteiger partial charge on any atom is -0.330 e. The maximum absolute atomic E-state index is 13.3. The maximum Gasteiger partial charge on any atom is 0.123 e. The first kappa shape index (κ1) is 13.7. The maximum atomic E-state index is 13.3. The number of aryl methyl sites for hydroxylation is 2. The van der Waals surface area contributed by atoms with Crippen molar-refractivity contribution in [2.75, 3.05) is 6.54 Å². The predicted octanol–water partition coefficient (Wildman–Crippen LogP) is 2.64. The third-order valence-electron chi connectivity index (χ3n) is 3.35. The van der Waals surface area contributed by atoms with Crippen molar-refractivity contribution in [1.82, 2.24) is 9.78 Å². The van der Waals surface area contributed by atoms with Gasteiger partial charge < -0.3 is 5.73 Å². The van der Waals surface area contributed by atoms with Gasteiger partial charge in [-0.15, -0.1) is 0 Å². The van der Waals surface area contributed by atoms with E-state index in [0.717, 1.165) is 29.9 Å². The lowest BCUT2D eigenvalue weighted by molar-refractivity contribution is 0.578. The summed E-state index contributed by atoms with van der Waals surface area (Å²) in [5, 5.41) is 4.43. The number of rotatable bonds is 5. The van der Waals surface area contributed by atoms with Crippen molar-refractivity contribution in [2.24, 2.45) is 5.73 Å². The molecule has 1 heterocycles. The van der Waals surface area contributed by atoms with Crippen molar-refractivity contribution >= 4 is 0 Å². The van der Waals surface area contributed by atoms with E-state index in [1.807, 2.05) is 17.7 Å². The highest BCUT2D eigenvalue weighted by atomic mass is 19.1. The molecule has 0 aliphatic carbocycles. The summed E-state index contributed by atoms with van der Waals surface area (Å²) in [5.74, 6) is -0.0896. The molecule has 0 bridgehead atoms. The van der Waals surface area contributed by atoms with Gasteiger partial charge >= 0.3 is 0 Å². The molecule has 1 unspecified atom stereocenters. The van der Waals surface area contributed by atoms with Crippen LogP contribution < -0.4 is 5.73 Å². The van der Waals surface area contributed by atoms with Gasteiger partial charge in [0.15, 0.2) is 0 Å². The van der Waals surface area contributed by atoms with E-state index >= 15 is 0 Å². The second-order valence-corrected chi connectivity index (χ2v) is 4.78. The van der Waals surface area contributed by atoms with Crippen LogP contribution in [0.2, 0.25) is 0 Å². The molecule has 0 aliphatic rings. The number of hydrogen-bond donors (Lipinski definition) is 1. The molecule has 0 fully saturated rings. The minimum absolute atomic E-state index is 0.122. The van der Waals surface area contributed by atoms with Gasteiger partial charge in [0.05, 0.1) is 5.69 Å². The molecule has 2 N–H and O–H groups in total. The monoisotopic (exact) mass is 261 g/mol. The summed E-state index contributed by atoms with van der Waals surface area (Å²) in [4.78, 5) is 0. The third-order valence-corrected chi connectivity index (χ3v) is 3.35. The van der Waals surface area contributed by atoms with Crippen LogP contribution >= 0.6 is 0 Å². The molecule has 0 amide bonds. The molecule has 102 valence electrons. The zero-order chi connectivity index (χ0) is 13.8. The van der Waals surface area contributed by atoms with Crippen LogP contribution in [0, 0.1) is 12.7 Å². The number of aromatic nitrogens is 2. The zero-order valence-corrected chi connectivity index (χ0v) is 11.4. The highest BCUT2D eigenvalue weighted by Gasteiger charge is 2.14. The summed E-state index contributed by atoms with van der Waals surface area (Å²) in [6.07, 6.45) is 0.786. The Balaban J connectivity index is 2.23. The lowest BCUT2D eigenvalue weighted by Crippen LogP contribution is -2.17. The van der Waals surface area contributed by atoms with Gasteiger partial charge in [0, 0.05) is 18.2 Å². The molecule has 3 nitrogen and oxygen atoms in total. The molecule has 4 heteroatoms. The Labute approximate surface area is 113 Å². The lowest BCUT2D eigenvalue weighted by atomic mass is 9.94. The fourth-order valence-corrected chi connectivity index (χ4v) is 2.39. The topological polar surface area (TPSA) is 43.8 Å². The van der Waals surface area contributed by atoms with Crippen molar-refractivity contribution in [3.8, 4) is 0 Å². The average molecular weight is 261 g/mol. The summed E-state index contributed by atoms with van der Waals surface area (Å²) >= 11 is 0. The van der Waals surface area contributed by atoms with E-state index < -0.39 is 0 Å². The van der Waals surface area contributed by atoms with Gasteiger partial charge in [0.25, 0.3) is 0 Å². The second-order valence-electron chi connectivity index (χ2n) is 4.78. The first-order valence-corrected chi connectivity index (χ1v) is 6.63. The molecular formula is C15H20FN3. The number of benzene rings is 1. The van der Waals surface area contributed by atoms with E-state index in [0.29, 0.717) is 6.54 Å². The van der Waals surface area contributed by atoms with Gasteiger partial charge in [-0.1, -0.05) is 12.1 Å². The van der Waals surface area contributed by atoms with Crippen molar-refractivity contribution in [1.29, 1.82) is 0 Å². The molecule has 1 aromatic heterocycles. The average Bonchev–Trinajstić information content (AvgIpc) is 2.76. The van der Waals surface area contributed by atoms with Crippen molar-refractivity contribution in [3.05, 3.63) is 53.1 Å². The van der Waals surface area contributed by atoms with E-state index in [4.69, 9.17) is 5.73 Å². The summed E-state index contributed by atoms with van der Waals surface area (Å²) in [7, 11) is 0. The first-order chi connectivity index (χ1) is 9.13. The van der Waals surface area contributed by atoms with Crippen molar-refractivity contribution < 1.29 is 4.39 Å². The molecule has 0 radical (unpaired) electrons. The van der Waals surface area contributed by atoms with E-state index in [-0.39, 0.29) is 11.7 Å². The number of nitrogens with two attached hydrogens (primary N) is 1. The van der Waals surface area contributed by atoms with Crippen molar-refractivity contribution in [3.63, 3.8) is 0 Å². The molecule has 2 rings (SSSR count). The fourth-order valence-electron chi connectivity index (χ4n) is 2.39. The highest BCUT2D eigenvalue weighted by molar-refractivity contribution is 5.23. The summed E-state index contributed by atoms with van der Waals surface area (Å²) in [5.41, 5.74) is 8.96. The minimum atomic E-state index is -0.212. The van der Waals surface area contributed by atoms with E-state index in [9.17, 15) is 4.39 Å². The largest absolute Gasteiger partial charge is 0.330 e. The van der Waals surface area contributed by atoms with Crippen LogP contribution in [0.4, 0.5) is 4.39 Å². The van der Waals surface area contributed by atoms with Crippen LogP contribution in [-0.4, -0.2) is 16.3 Å². The van der Waals surface area contributed by atoms with Crippen LogP contribution in [0.15, 0.2) is 30.3 Å². The zero-order valence-electron chi connectivity index (χ0n) is 11.4. The molecule has 1 atom stereocenters. The van der Waals surface area contributed by atoms with Crippen molar-refractivity contribution in [2.45, 2.75) is 32.7 Å². The van der Waals surface area contributed by atoms with Crippen LogP contribution in [0.1, 0.15) is 29.8 Å². The van der Waals surface area contributed by atoms with Crippen LogP contribution in [0.25, 0.3) is 0 Å². The van der Waals surface area contributed by atoms with Crippen LogP contribution in [0.3, 0.4) is 0 Å². The summed E-state index contributed by atoms with van der Waals surface area (Å²) in [6, 6.07) is 8.76. The Morgan fingerprint density at radius 3 is 2.79 bits per heavy atom. The molecule has 0 aliphatic heterocycles. The smallest absolute Gasteiger partial charge is 0.123 e. The highest BCUT2D eigenvalue weighted by Crippen LogP contribution is 2.21. The Morgan fingerprint density at radius 1 is 1.37 bits per heavy atom. The van der Waals surface area contributed by atoms with Gasteiger partial charge in [-0.25, -0.2) is 4.39 Å². The Kier molecular flexibility index (Phi) is 4.32. The fraction of sp³-hybridized carbons (Fsp3) is 0.400. The lowest BCUT2D eigenvalue weighted by Gasteiger charge is -2.16. The summed E-state index contributed by atoms with van der Waals surface area (Å²) in [6.45, 7) is 5.38. The third kappa shape index (κ3) is 3.20. The molecule has 0 saturated carbocycles. The number of halogens is 1. The normalized spacial score (nSPS) is 12.6. The molecule has 2 aromatic rings. The molecular weight excluding hydrogens is 241 g/mol. The van der Waals surface area contributed by atoms with Gasteiger partial charge in [-0.3, -0.25) is 4.68 Å². The SMILES string of the molecule is CCn1nc(C)cc1CC(CN)c1cccc(F)c1. The van der Waals surface area contributed by atoms with E-state index in [2.05, 4.69) is 18.1 Å². The molecule has 0 spiro atoms. The Bertz CT molecular complexity index is 548. The standard InChI is InChI=1S/C15H20FN3/c1-3-19-15(7-11(2)18-19)9-13(10-17)12-5-4-6-14(16)8-12/h4-8,13H,3,9-10,17H2,1-2H3. The van der Waals surface area contributed by atoms with Gasteiger partial charge in [-0.05, 0) is 50.6 Å². The van der Waals surface area contributed by atoms with Crippen LogP contribution in [0.5, 0.6) is 0 Å². The predicted molar refractivity (Wildman–Crippen MR) is 74.5 cm³/mol.